The van der Waals surface area contributed by atoms with Crippen LogP contribution >= 0.6 is 0 Å². The lowest BCUT2D eigenvalue weighted by Crippen LogP contribution is -2.29. The van der Waals surface area contributed by atoms with Crippen LogP contribution in [-0.2, 0) is 4.74 Å². The Bertz CT molecular complexity index is 214. The summed E-state index contributed by atoms with van der Waals surface area (Å²) in [5, 5.41) is 0. The van der Waals surface area contributed by atoms with Gasteiger partial charge in [0.1, 0.15) is 0 Å². The van der Waals surface area contributed by atoms with E-state index >= 15 is 0 Å². The molecule has 0 aromatic carbocycles. The number of hydrogen-bond acceptors (Lipinski definition) is 1. The van der Waals surface area contributed by atoms with Gasteiger partial charge in [-0.1, -0.05) is 84.5 Å². The SMILES string of the molecule is CCCCCCCC[C@H]1OCCC[C@H]1CCCCCCC. The van der Waals surface area contributed by atoms with Gasteiger partial charge in [0.2, 0.25) is 0 Å². The lowest BCUT2D eigenvalue weighted by Gasteiger charge is -2.32. The van der Waals surface area contributed by atoms with Crippen LogP contribution in [0.2, 0.25) is 0 Å². The number of rotatable bonds is 13. The van der Waals surface area contributed by atoms with Crippen molar-refractivity contribution in [3.63, 3.8) is 0 Å². The van der Waals surface area contributed by atoms with Crippen LogP contribution in [0.5, 0.6) is 0 Å². The molecule has 0 bridgehead atoms. The van der Waals surface area contributed by atoms with Crippen molar-refractivity contribution < 1.29 is 4.74 Å². The van der Waals surface area contributed by atoms with E-state index in [-0.39, 0.29) is 0 Å². The van der Waals surface area contributed by atoms with Crippen molar-refractivity contribution in [2.75, 3.05) is 6.61 Å². The van der Waals surface area contributed by atoms with Crippen molar-refractivity contribution >= 4 is 0 Å². The van der Waals surface area contributed by atoms with Gasteiger partial charge in [-0.25, -0.2) is 0 Å². The Morgan fingerprint density at radius 1 is 0.714 bits per heavy atom. The summed E-state index contributed by atoms with van der Waals surface area (Å²) >= 11 is 0. The lowest BCUT2D eigenvalue weighted by molar-refractivity contribution is -0.0352. The third kappa shape index (κ3) is 9.55. The van der Waals surface area contributed by atoms with Crippen molar-refractivity contribution in [3.8, 4) is 0 Å². The summed E-state index contributed by atoms with van der Waals surface area (Å²) in [5.41, 5.74) is 0. The maximum atomic E-state index is 6.10. The van der Waals surface area contributed by atoms with Gasteiger partial charge in [-0.15, -0.1) is 0 Å². The minimum Gasteiger partial charge on any atom is -0.378 e. The van der Waals surface area contributed by atoms with Gasteiger partial charge in [-0.3, -0.25) is 0 Å². The van der Waals surface area contributed by atoms with Gasteiger partial charge in [-0.05, 0) is 31.6 Å². The molecule has 0 unspecified atom stereocenters. The zero-order valence-electron chi connectivity index (χ0n) is 14.9. The molecule has 0 spiro atoms. The largest absolute Gasteiger partial charge is 0.378 e. The Labute approximate surface area is 134 Å². The van der Waals surface area contributed by atoms with Gasteiger partial charge in [-0.2, -0.15) is 0 Å². The molecule has 126 valence electrons. The molecule has 2 atom stereocenters. The molecule has 1 saturated heterocycles. The monoisotopic (exact) mass is 296 g/mol. The van der Waals surface area contributed by atoms with E-state index in [2.05, 4.69) is 13.8 Å². The molecule has 0 saturated carbocycles. The van der Waals surface area contributed by atoms with Crippen molar-refractivity contribution in [1.82, 2.24) is 0 Å². The van der Waals surface area contributed by atoms with E-state index in [0.29, 0.717) is 6.10 Å². The first-order valence-corrected chi connectivity index (χ1v) is 10.00. The molecule has 21 heavy (non-hydrogen) atoms. The third-order valence-corrected chi connectivity index (χ3v) is 5.10. The second kappa shape index (κ2) is 13.6. The van der Waals surface area contributed by atoms with Gasteiger partial charge in [0.25, 0.3) is 0 Å². The highest BCUT2D eigenvalue weighted by atomic mass is 16.5. The highest BCUT2D eigenvalue weighted by Crippen LogP contribution is 2.29. The molecular formula is C20H40O. The average molecular weight is 297 g/mol. The van der Waals surface area contributed by atoms with Crippen LogP contribution < -0.4 is 0 Å². The second-order valence-corrected chi connectivity index (χ2v) is 7.07. The fourth-order valence-electron chi connectivity index (χ4n) is 3.69. The van der Waals surface area contributed by atoms with Crippen LogP contribution in [0.25, 0.3) is 0 Å². The van der Waals surface area contributed by atoms with Crippen LogP contribution in [0.1, 0.15) is 110 Å². The summed E-state index contributed by atoms with van der Waals surface area (Å²) in [6.07, 6.45) is 21.6. The van der Waals surface area contributed by atoms with Gasteiger partial charge < -0.3 is 4.74 Å². The molecule has 1 aliphatic heterocycles. The van der Waals surface area contributed by atoms with Crippen LogP contribution in [0.4, 0.5) is 0 Å². The average Bonchev–Trinajstić information content (AvgIpc) is 2.52. The van der Waals surface area contributed by atoms with E-state index in [1.807, 2.05) is 0 Å². The molecule has 0 amide bonds. The first-order chi connectivity index (χ1) is 10.4. The zero-order chi connectivity index (χ0) is 15.2. The normalized spacial score (nSPS) is 22.6. The summed E-state index contributed by atoms with van der Waals surface area (Å²) in [6, 6.07) is 0. The predicted molar refractivity (Wildman–Crippen MR) is 93.8 cm³/mol. The first kappa shape index (κ1) is 19.0. The molecule has 1 heterocycles. The third-order valence-electron chi connectivity index (χ3n) is 5.10. The van der Waals surface area contributed by atoms with Crippen molar-refractivity contribution in [3.05, 3.63) is 0 Å². The van der Waals surface area contributed by atoms with E-state index < -0.39 is 0 Å². The molecule has 0 aliphatic carbocycles. The van der Waals surface area contributed by atoms with Crippen molar-refractivity contribution in [2.45, 2.75) is 116 Å². The highest BCUT2D eigenvalue weighted by molar-refractivity contribution is 4.75. The molecule has 0 aromatic rings. The molecule has 0 radical (unpaired) electrons. The number of ether oxygens (including phenoxy) is 1. The second-order valence-electron chi connectivity index (χ2n) is 7.07. The Balaban J connectivity index is 2.08. The van der Waals surface area contributed by atoms with Crippen LogP contribution in [0.15, 0.2) is 0 Å². The quantitative estimate of drug-likeness (QED) is 0.336. The summed E-state index contributed by atoms with van der Waals surface area (Å²) in [6.45, 7) is 5.61. The van der Waals surface area contributed by atoms with Gasteiger partial charge >= 0.3 is 0 Å². The molecule has 1 nitrogen and oxygen atoms in total. The van der Waals surface area contributed by atoms with E-state index in [1.54, 1.807) is 0 Å². The van der Waals surface area contributed by atoms with E-state index in [9.17, 15) is 0 Å². The Hall–Kier alpha value is -0.0400. The maximum Gasteiger partial charge on any atom is 0.0603 e. The summed E-state index contributed by atoms with van der Waals surface area (Å²) in [7, 11) is 0. The highest BCUT2D eigenvalue weighted by Gasteiger charge is 2.24. The molecule has 0 aromatic heterocycles. The minimum absolute atomic E-state index is 0.594. The number of hydrogen-bond donors (Lipinski definition) is 0. The fraction of sp³-hybridized carbons (Fsp3) is 1.00. The van der Waals surface area contributed by atoms with E-state index in [0.717, 1.165) is 12.5 Å². The zero-order valence-corrected chi connectivity index (χ0v) is 14.9. The van der Waals surface area contributed by atoms with Crippen molar-refractivity contribution in [2.24, 2.45) is 5.92 Å². The first-order valence-electron chi connectivity index (χ1n) is 10.00. The lowest BCUT2D eigenvalue weighted by atomic mass is 9.86. The Morgan fingerprint density at radius 3 is 1.95 bits per heavy atom. The van der Waals surface area contributed by atoms with Gasteiger partial charge in [0.05, 0.1) is 6.10 Å². The molecule has 1 fully saturated rings. The smallest absolute Gasteiger partial charge is 0.0603 e. The molecule has 1 heteroatoms. The number of unbranched alkanes of at least 4 members (excludes halogenated alkanes) is 9. The topological polar surface area (TPSA) is 9.23 Å². The van der Waals surface area contributed by atoms with Crippen molar-refractivity contribution in [1.29, 1.82) is 0 Å². The molecule has 1 rings (SSSR count). The summed E-state index contributed by atoms with van der Waals surface area (Å²) < 4.78 is 6.10. The van der Waals surface area contributed by atoms with Crippen LogP contribution in [0.3, 0.4) is 0 Å². The molecule has 0 N–H and O–H groups in total. The van der Waals surface area contributed by atoms with Gasteiger partial charge in [0, 0.05) is 6.61 Å². The minimum atomic E-state index is 0.594. The van der Waals surface area contributed by atoms with E-state index in [1.165, 1.54) is 96.3 Å². The summed E-state index contributed by atoms with van der Waals surface area (Å²) in [4.78, 5) is 0. The Kier molecular flexibility index (Phi) is 12.3. The van der Waals surface area contributed by atoms with Crippen LogP contribution in [0, 0.1) is 5.92 Å². The summed E-state index contributed by atoms with van der Waals surface area (Å²) in [5.74, 6) is 0.871. The maximum absolute atomic E-state index is 6.10. The van der Waals surface area contributed by atoms with E-state index in [4.69, 9.17) is 4.74 Å². The predicted octanol–water partition coefficient (Wildman–Crippen LogP) is 6.89. The fourth-order valence-corrected chi connectivity index (χ4v) is 3.69. The Morgan fingerprint density at radius 2 is 1.29 bits per heavy atom. The standard InChI is InChI=1S/C20H40O/c1-3-5-7-9-11-13-17-20-19(16-14-18-21-20)15-12-10-8-6-4-2/h19-20H,3-18H2,1-2H3/t19-,20-/m1/s1. The molecular weight excluding hydrogens is 256 g/mol. The van der Waals surface area contributed by atoms with Crippen LogP contribution in [-0.4, -0.2) is 12.7 Å². The van der Waals surface area contributed by atoms with Gasteiger partial charge in [0.15, 0.2) is 0 Å². The molecule has 1 aliphatic rings.